The predicted molar refractivity (Wildman–Crippen MR) is 167 cm³/mol. The van der Waals surface area contributed by atoms with Crippen molar-refractivity contribution in [2.45, 2.75) is 24.7 Å². The molecule has 2 fully saturated rings. The van der Waals surface area contributed by atoms with Crippen molar-refractivity contribution in [3.63, 3.8) is 0 Å². The van der Waals surface area contributed by atoms with E-state index in [1.165, 1.54) is 0 Å². The molecule has 2 aliphatic rings. The lowest BCUT2D eigenvalue weighted by Crippen LogP contribution is -2.62. The monoisotopic (exact) mass is 609 g/mol. The second-order valence-corrected chi connectivity index (χ2v) is 11.7. The molecule has 0 aromatic heterocycles. The minimum absolute atomic E-state index is 0.0952. The Bertz CT molecular complexity index is 1340. The summed E-state index contributed by atoms with van der Waals surface area (Å²) in [6.07, 6.45) is 0.910. The lowest BCUT2D eigenvalue weighted by molar-refractivity contribution is -0.141. The van der Waals surface area contributed by atoms with Crippen LogP contribution in [0.4, 0.5) is 5.69 Å². The first-order valence-electron chi connectivity index (χ1n) is 14.2. The zero-order chi connectivity index (χ0) is 29.9. The Balaban J connectivity index is 1.65. The zero-order valence-electron chi connectivity index (χ0n) is 24.1. The number of hydrogen-bond donors (Lipinski definition) is 2. The van der Waals surface area contributed by atoms with E-state index in [1.807, 2.05) is 97.5 Å². The van der Waals surface area contributed by atoms with Gasteiger partial charge in [-0.2, -0.15) is 0 Å². The minimum Gasteiger partial charge on any atom is -0.493 e. The molecule has 222 valence electrons. The molecule has 0 aliphatic carbocycles. The summed E-state index contributed by atoms with van der Waals surface area (Å²) in [5.41, 5.74) is 2.34. The molecule has 2 N–H and O–H groups in total. The fourth-order valence-corrected chi connectivity index (χ4v) is 6.06. The van der Waals surface area contributed by atoms with Crippen molar-refractivity contribution in [1.82, 2.24) is 20.4 Å². The maximum atomic E-state index is 14.8. The summed E-state index contributed by atoms with van der Waals surface area (Å²) >= 11 is 12.5. The van der Waals surface area contributed by atoms with E-state index in [2.05, 4.69) is 15.5 Å². The van der Waals surface area contributed by atoms with E-state index in [0.29, 0.717) is 60.7 Å². The van der Waals surface area contributed by atoms with Crippen molar-refractivity contribution in [2.75, 3.05) is 58.3 Å². The van der Waals surface area contributed by atoms with Crippen LogP contribution in [0.1, 0.15) is 35.7 Å². The highest BCUT2D eigenvalue weighted by Gasteiger charge is 2.54. The number of benzene rings is 3. The molecule has 0 spiro atoms. The van der Waals surface area contributed by atoms with Gasteiger partial charge in [0.25, 0.3) is 5.91 Å². The summed E-state index contributed by atoms with van der Waals surface area (Å²) in [7, 11) is 3.95. The minimum atomic E-state index is -1.31. The van der Waals surface area contributed by atoms with Crippen LogP contribution in [-0.4, -0.2) is 75.4 Å². The van der Waals surface area contributed by atoms with E-state index >= 15 is 0 Å². The van der Waals surface area contributed by atoms with Crippen LogP contribution in [0.25, 0.3) is 0 Å². The third-order valence-corrected chi connectivity index (χ3v) is 8.54. The highest BCUT2D eigenvalue weighted by Crippen LogP contribution is 2.45. The van der Waals surface area contributed by atoms with Gasteiger partial charge in [-0.05, 0) is 54.4 Å². The molecule has 2 saturated heterocycles. The van der Waals surface area contributed by atoms with Crippen molar-refractivity contribution < 1.29 is 14.3 Å². The normalized spacial score (nSPS) is 22.6. The van der Waals surface area contributed by atoms with E-state index in [1.54, 1.807) is 0 Å². The Hall–Kier alpha value is -3.14. The Kier molecular flexibility index (Phi) is 9.40. The van der Waals surface area contributed by atoms with E-state index < -0.39 is 5.66 Å². The smallest absolute Gasteiger partial charge is 0.262 e. The molecule has 2 heterocycles. The average molecular weight is 611 g/mol. The van der Waals surface area contributed by atoms with Crippen molar-refractivity contribution in [3.05, 3.63) is 93.5 Å². The number of halogens is 2. The molecule has 5 rings (SSSR count). The van der Waals surface area contributed by atoms with Gasteiger partial charge in [0.2, 0.25) is 0 Å². The summed E-state index contributed by atoms with van der Waals surface area (Å²) in [5, 5.41) is 8.80. The molecular weight excluding hydrogens is 573 g/mol. The van der Waals surface area contributed by atoms with E-state index in [-0.39, 0.29) is 18.0 Å². The number of carbonyl (C=O) groups excluding carboxylic acids is 2. The van der Waals surface area contributed by atoms with Crippen LogP contribution in [0.3, 0.4) is 0 Å². The number of nitrogens with one attached hydrogen (secondary N) is 2. The van der Waals surface area contributed by atoms with E-state index in [9.17, 15) is 9.59 Å². The molecule has 3 aromatic carbocycles. The molecule has 2 atom stereocenters. The standard InChI is InChI=1S/C32H37Cl2N5O3/c1-4-42-28-21-26(37(2)3)13-14-27(28)32(31(41)39-17-15-38(16-18-39)19-20-40)35-29(22-5-9-24(33)10-6-22)30(36-32)23-7-11-25(34)12-8-23/h5-14,20-21,29-30,35-36H,4,15-19H2,1-3H3. The Morgan fingerprint density at radius 1 is 0.929 bits per heavy atom. The first kappa shape index (κ1) is 30.3. The third-order valence-electron chi connectivity index (χ3n) is 8.03. The number of hydrogen-bond acceptors (Lipinski definition) is 7. The number of aldehydes is 1. The van der Waals surface area contributed by atoms with Crippen LogP contribution in [-0.2, 0) is 15.3 Å². The zero-order valence-corrected chi connectivity index (χ0v) is 25.7. The fraction of sp³-hybridized carbons (Fsp3) is 0.375. The number of nitrogens with zero attached hydrogens (tertiary/aromatic N) is 3. The number of ether oxygens (including phenoxy) is 1. The molecule has 0 saturated carbocycles. The van der Waals surface area contributed by atoms with Gasteiger partial charge in [0.1, 0.15) is 12.0 Å². The fourth-order valence-electron chi connectivity index (χ4n) is 5.81. The Morgan fingerprint density at radius 2 is 1.48 bits per heavy atom. The van der Waals surface area contributed by atoms with Crippen LogP contribution >= 0.6 is 23.2 Å². The molecule has 3 aromatic rings. The van der Waals surface area contributed by atoms with Gasteiger partial charge in [0.15, 0.2) is 5.66 Å². The molecule has 2 unspecified atom stereocenters. The van der Waals surface area contributed by atoms with Crippen LogP contribution in [0.5, 0.6) is 5.75 Å². The highest BCUT2D eigenvalue weighted by molar-refractivity contribution is 6.30. The number of carbonyl (C=O) groups is 2. The molecule has 1 amide bonds. The van der Waals surface area contributed by atoms with Gasteiger partial charge >= 0.3 is 0 Å². The van der Waals surface area contributed by atoms with Gasteiger partial charge < -0.3 is 19.3 Å². The number of anilines is 1. The van der Waals surface area contributed by atoms with Crippen LogP contribution in [0.15, 0.2) is 66.7 Å². The SMILES string of the molecule is CCOc1cc(N(C)C)ccc1C1(C(=O)N2CCN(CC=O)CC2)NC(c2ccc(Cl)cc2)C(c2ccc(Cl)cc2)N1. The number of amides is 1. The van der Waals surface area contributed by atoms with Crippen LogP contribution in [0, 0.1) is 0 Å². The van der Waals surface area contributed by atoms with Crippen molar-refractivity contribution >= 4 is 41.1 Å². The first-order chi connectivity index (χ1) is 20.3. The summed E-state index contributed by atoms with van der Waals surface area (Å²) in [6.45, 7) is 5.01. The van der Waals surface area contributed by atoms with Gasteiger partial charge in [-0.3, -0.25) is 20.3 Å². The molecule has 10 heteroatoms. The number of rotatable bonds is 9. The lowest BCUT2D eigenvalue weighted by atomic mass is 9.95. The van der Waals surface area contributed by atoms with E-state index in [4.69, 9.17) is 27.9 Å². The quantitative estimate of drug-likeness (QED) is 0.343. The maximum absolute atomic E-state index is 14.8. The first-order valence-corrected chi connectivity index (χ1v) is 15.0. The van der Waals surface area contributed by atoms with Gasteiger partial charge in [0, 0.05) is 67.6 Å². The van der Waals surface area contributed by atoms with Crippen molar-refractivity contribution in [2.24, 2.45) is 0 Å². The molecule has 0 bridgehead atoms. The summed E-state index contributed by atoms with van der Waals surface area (Å²) in [6, 6.07) is 20.8. The molecule has 42 heavy (non-hydrogen) atoms. The van der Waals surface area contributed by atoms with Crippen molar-refractivity contribution in [3.8, 4) is 5.75 Å². The molecular formula is C32H37Cl2N5O3. The summed E-state index contributed by atoms with van der Waals surface area (Å²) in [4.78, 5) is 31.9. The van der Waals surface area contributed by atoms with Gasteiger partial charge in [-0.1, -0.05) is 47.5 Å². The van der Waals surface area contributed by atoms with Gasteiger partial charge in [-0.25, -0.2) is 0 Å². The predicted octanol–water partition coefficient (Wildman–Crippen LogP) is 4.63. The summed E-state index contributed by atoms with van der Waals surface area (Å²) < 4.78 is 6.21. The second-order valence-electron chi connectivity index (χ2n) is 10.9. The lowest BCUT2D eigenvalue weighted by Gasteiger charge is -2.40. The van der Waals surface area contributed by atoms with E-state index in [0.717, 1.165) is 23.1 Å². The molecule has 2 aliphatic heterocycles. The number of piperazine rings is 1. The van der Waals surface area contributed by atoms with Crippen LogP contribution in [0.2, 0.25) is 10.0 Å². The third kappa shape index (κ3) is 6.14. The highest BCUT2D eigenvalue weighted by atomic mass is 35.5. The molecule has 8 nitrogen and oxygen atoms in total. The van der Waals surface area contributed by atoms with Gasteiger partial charge in [0.05, 0.1) is 25.2 Å². The Morgan fingerprint density at radius 3 is 1.95 bits per heavy atom. The maximum Gasteiger partial charge on any atom is 0.262 e. The second kappa shape index (κ2) is 13.0. The topological polar surface area (TPSA) is 77.2 Å². The van der Waals surface area contributed by atoms with Crippen molar-refractivity contribution in [1.29, 1.82) is 0 Å². The molecule has 0 radical (unpaired) electrons. The van der Waals surface area contributed by atoms with Gasteiger partial charge in [-0.15, -0.1) is 0 Å². The largest absolute Gasteiger partial charge is 0.493 e. The van der Waals surface area contributed by atoms with Crippen LogP contribution < -0.4 is 20.3 Å². The Labute approximate surface area is 257 Å². The summed E-state index contributed by atoms with van der Waals surface area (Å²) in [5.74, 6) is 0.533. The average Bonchev–Trinajstić information content (AvgIpc) is 3.40.